The number of carbonyl (C=O) groups is 1. The Hall–Kier alpha value is -1.60. The van der Waals surface area contributed by atoms with Gasteiger partial charge in [-0.2, -0.15) is 0 Å². The summed E-state index contributed by atoms with van der Waals surface area (Å²) < 4.78 is 1.67. The average Bonchev–Trinajstić information content (AvgIpc) is 3.44. The summed E-state index contributed by atoms with van der Waals surface area (Å²) in [5.41, 5.74) is 1.20. The van der Waals surface area contributed by atoms with Gasteiger partial charge in [-0.15, -0.1) is 17.9 Å². The van der Waals surface area contributed by atoms with Crippen molar-refractivity contribution in [3.05, 3.63) is 33.4 Å². The Balaban J connectivity index is 1.61. The minimum Gasteiger partial charge on any atom is -0.353 e. The lowest BCUT2D eigenvalue weighted by Crippen LogP contribution is -2.35. The van der Waals surface area contributed by atoms with Crippen LogP contribution in [-0.2, 0) is 24.2 Å². The van der Waals surface area contributed by atoms with E-state index in [1.54, 1.807) is 22.0 Å². The maximum Gasteiger partial charge on any atom is 0.263 e. The van der Waals surface area contributed by atoms with Crippen LogP contribution in [-0.4, -0.2) is 27.3 Å². The standard InChI is InChI=1S/C21H27N3O2S2/c1-4-9-24-20(26)18-15-8-5-12(2)10-16(15)28-19(18)23-21(24)27-11-17(25)22-13(3)14-6-7-14/h4,12-14H,1,5-11H2,2-3H3,(H,22,25)/t12-,13+/m1/s1. The maximum absolute atomic E-state index is 13.2. The van der Waals surface area contributed by atoms with Crippen molar-refractivity contribution in [3.8, 4) is 0 Å². The molecular formula is C21H27N3O2S2. The molecule has 0 radical (unpaired) electrons. The van der Waals surface area contributed by atoms with E-state index in [9.17, 15) is 9.59 Å². The van der Waals surface area contributed by atoms with Crippen LogP contribution >= 0.6 is 23.1 Å². The molecule has 2 atom stereocenters. The van der Waals surface area contributed by atoms with E-state index in [1.165, 1.54) is 35.0 Å². The van der Waals surface area contributed by atoms with Crippen LogP contribution in [0.5, 0.6) is 0 Å². The van der Waals surface area contributed by atoms with E-state index < -0.39 is 0 Å². The second kappa shape index (κ2) is 8.03. The first-order valence-corrected chi connectivity index (χ1v) is 11.9. The largest absolute Gasteiger partial charge is 0.353 e. The summed E-state index contributed by atoms with van der Waals surface area (Å²) in [6.07, 6.45) is 7.22. The Morgan fingerprint density at radius 3 is 2.96 bits per heavy atom. The SMILES string of the molecule is C=CCn1c(SCC(=O)N[C@@H](C)C2CC2)nc2sc3c(c2c1=O)CC[C@@H](C)C3. The van der Waals surface area contributed by atoms with Gasteiger partial charge in [0.15, 0.2) is 5.16 Å². The zero-order valence-corrected chi connectivity index (χ0v) is 18.1. The van der Waals surface area contributed by atoms with E-state index in [4.69, 9.17) is 4.98 Å². The van der Waals surface area contributed by atoms with Gasteiger partial charge in [0, 0.05) is 17.5 Å². The fraction of sp³-hybridized carbons (Fsp3) is 0.571. The summed E-state index contributed by atoms with van der Waals surface area (Å²) in [5.74, 6) is 1.56. The molecule has 1 fully saturated rings. The highest BCUT2D eigenvalue weighted by Crippen LogP contribution is 2.36. The van der Waals surface area contributed by atoms with Crippen molar-refractivity contribution in [3.63, 3.8) is 0 Å². The first kappa shape index (κ1) is 19.7. The Morgan fingerprint density at radius 2 is 2.25 bits per heavy atom. The minimum absolute atomic E-state index is 0.00296. The lowest BCUT2D eigenvalue weighted by atomic mass is 9.89. The van der Waals surface area contributed by atoms with Crippen LogP contribution in [0.15, 0.2) is 22.6 Å². The van der Waals surface area contributed by atoms with Crippen molar-refractivity contribution in [1.82, 2.24) is 14.9 Å². The van der Waals surface area contributed by atoms with E-state index in [1.807, 2.05) is 0 Å². The number of hydrogen-bond donors (Lipinski definition) is 1. The van der Waals surface area contributed by atoms with E-state index in [2.05, 4.69) is 25.7 Å². The second-order valence-electron chi connectivity index (χ2n) is 8.11. The fourth-order valence-electron chi connectivity index (χ4n) is 3.94. The van der Waals surface area contributed by atoms with Crippen LogP contribution < -0.4 is 10.9 Å². The molecule has 2 aromatic rings. The summed E-state index contributed by atoms with van der Waals surface area (Å²) in [6.45, 7) is 8.53. The molecule has 0 unspecified atom stereocenters. The zero-order valence-electron chi connectivity index (χ0n) is 16.5. The molecule has 0 aromatic carbocycles. The molecule has 0 aliphatic heterocycles. The highest BCUT2D eigenvalue weighted by atomic mass is 32.2. The predicted molar refractivity (Wildman–Crippen MR) is 116 cm³/mol. The Kier molecular flexibility index (Phi) is 5.65. The van der Waals surface area contributed by atoms with Gasteiger partial charge in [-0.05, 0) is 56.4 Å². The molecule has 0 bridgehead atoms. The number of aromatic nitrogens is 2. The number of aryl methyl sites for hydroxylation is 1. The Bertz CT molecular complexity index is 974. The van der Waals surface area contributed by atoms with Crippen molar-refractivity contribution >= 4 is 39.2 Å². The molecule has 150 valence electrons. The lowest BCUT2D eigenvalue weighted by Gasteiger charge is -2.17. The summed E-state index contributed by atoms with van der Waals surface area (Å²) in [5, 5.41) is 4.46. The minimum atomic E-state index is 0.00296. The molecule has 1 N–H and O–H groups in total. The number of fused-ring (bicyclic) bond motifs is 3. The molecule has 0 saturated heterocycles. The quantitative estimate of drug-likeness (QED) is 0.423. The highest BCUT2D eigenvalue weighted by molar-refractivity contribution is 7.99. The van der Waals surface area contributed by atoms with Gasteiger partial charge < -0.3 is 5.32 Å². The molecule has 5 nitrogen and oxygen atoms in total. The number of rotatable bonds is 7. The van der Waals surface area contributed by atoms with Crippen LogP contribution in [0, 0.1) is 11.8 Å². The number of allylic oxidation sites excluding steroid dienone is 1. The third-order valence-corrected chi connectivity index (χ3v) is 7.87. The number of nitrogens with zero attached hydrogens (tertiary/aromatic N) is 2. The first-order chi connectivity index (χ1) is 13.5. The van der Waals surface area contributed by atoms with Crippen LogP contribution in [0.4, 0.5) is 0 Å². The van der Waals surface area contributed by atoms with E-state index in [0.29, 0.717) is 23.5 Å². The zero-order chi connectivity index (χ0) is 19.8. The van der Waals surface area contributed by atoms with Gasteiger partial charge in [0.05, 0.1) is 11.1 Å². The summed E-state index contributed by atoms with van der Waals surface area (Å²) >= 11 is 2.99. The Morgan fingerprint density at radius 1 is 1.46 bits per heavy atom. The molecule has 1 amide bonds. The number of thioether (sulfide) groups is 1. The van der Waals surface area contributed by atoms with Crippen LogP contribution in [0.3, 0.4) is 0 Å². The van der Waals surface area contributed by atoms with Crippen molar-refractivity contribution in [2.45, 2.75) is 63.7 Å². The number of thiophene rings is 1. The van der Waals surface area contributed by atoms with Crippen molar-refractivity contribution in [1.29, 1.82) is 0 Å². The lowest BCUT2D eigenvalue weighted by molar-refractivity contribution is -0.119. The molecule has 7 heteroatoms. The van der Waals surface area contributed by atoms with E-state index >= 15 is 0 Å². The van der Waals surface area contributed by atoms with Gasteiger partial charge in [0.1, 0.15) is 4.83 Å². The van der Waals surface area contributed by atoms with Gasteiger partial charge in [0.2, 0.25) is 5.91 Å². The third kappa shape index (κ3) is 3.92. The number of amides is 1. The van der Waals surface area contributed by atoms with E-state index in [-0.39, 0.29) is 23.3 Å². The number of carbonyl (C=O) groups excluding carboxylic acids is 1. The predicted octanol–water partition coefficient (Wildman–Crippen LogP) is 3.78. The van der Waals surface area contributed by atoms with Crippen LogP contribution in [0.1, 0.15) is 43.6 Å². The molecular weight excluding hydrogens is 390 g/mol. The molecule has 28 heavy (non-hydrogen) atoms. The monoisotopic (exact) mass is 417 g/mol. The van der Waals surface area contributed by atoms with Gasteiger partial charge in [-0.25, -0.2) is 4.98 Å². The fourth-order valence-corrected chi connectivity index (χ4v) is 6.19. The van der Waals surface area contributed by atoms with Gasteiger partial charge in [-0.3, -0.25) is 14.2 Å². The summed E-state index contributed by atoms with van der Waals surface area (Å²) in [4.78, 5) is 32.5. The van der Waals surface area contributed by atoms with Crippen LogP contribution in [0.25, 0.3) is 10.2 Å². The molecule has 2 heterocycles. The van der Waals surface area contributed by atoms with Crippen molar-refractivity contribution in [2.24, 2.45) is 11.8 Å². The summed E-state index contributed by atoms with van der Waals surface area (Å²) in [6, 6.07) is 0.227. The molecule has 4 rings (SSSR count). The van der Waals surface area contributed by atoms with Gasteiger partial charge in [0.25, 0.3) is 5.56 Å². The second-order valence-corrected chi connectivity index (χ2v) is 10.1. The van der Waals surface area contributed by atoms with Crippen molar-refractivity contribution < 1.29 is 4.79 Å². The number of nitrogens with one attached hydrogen (secondary N) is 1. The molecule has 1 saturated carbocycles. The summed E-state index contributed by atoms with van der Waals surface area (Å²) in [7, 11) is 0. The third-order valence-electron chi connectivity index (χ3n) is 5.74. The van der Waals surface area contributed by atoms with Gasteiger partial charge >= 0.3 is 0 Å². The normalized spacial score (nSPS) is 20.0. The van der Waals surface area contributed by atoms with Crippen LogP contribution in [0.2, 0.25) is 0 Å². The molecule has 2 aliphatic carbocycles. The molecule has 2 aromatic heterocycles. The highest BCUT2D eigenvalue weighted by Gasteiger charge is 2.29. The first-order valence-electron chi connectivity index (χ1n) is 10.1. The molecule has 2 aliphatic rings. The van der Waals surface area contributed by atoms with Gasteiger partial charge in [-0.1, -0.05) is 24.8 Å². The average molecular weight is 418 g/mol. The topological polar surface area (TPSA) is 64.0 Å². The smallest absolute Gasteiger partial charge is 0.263 e. The number of hydrogen-bond acceptors (Lipinski definition) is 5. The van der Waals surface area contributed by atoms with Crippen molar-refractivity contribution in [2.75, 3.05) is 5.75 Å². The Labute approximate surface area is 173 Å². The molecule has 0 spiro atoms. The van der Waals surface area contributed by atoms with E-state index in [0.717, 1.165) is 29.5 Å². The maximum atomic E-state index is 13.2.